The fraction of sp³-hybridized carbons (Fsp3) is 1.00. The third-order valence-electron chi connectivity index (χ3n) is 3.45. The van der Waals surface area contributed by atoms with Crippen molar-refractivity contribution in [1.82, 2.24) is 0 Å². The first-order valence-corrected chi connectivity index (χ1v) is 3.63. The average Bonchev–Trinajstić information content (AvgIpc) is 2.18. The van der Waals surface area contributed by atoms with E-state index in [2.05, 4.69) is 0 Å². The molecule has 0 radical (unpaired) electrons. The molecule has 0 aromatic carbocycles. The summed E-state index contributed by atoms with van der Waals surface area (Å²) in [5, 5.41) is 9.28. The molecule has 2 heteroatoms. The Bertz CT molecular complexity index is 150. The number of hydrogen-bond donors (Lipinski definition) is 1. The highest BCUT2D eigenvalue weighted by Gasteiger charge is 2.74. The van der Waals surface area contributed by atoms with Crippen LogP contribution in [-0.4, -0.2) is 17.4 Å². The van der Waals surface area contributed by atoms with Crippen LogP contribution in [0.5, 0.6) is 0 Å². The molecule has 1 nitrogen and oxygen atoms in total. The Morgan fingerprint density at radius 3 is 2.11 bits per heavy atom. The summed E-state index contributed by atoms with van der Waals surface area (Å²) in [6, 6.07) is 0. The van der Waals surface area contributed by atoms with Gasteiger partial charge in [0.15, 0.2) is 0 Å². The molecular formula is C7H9FO. The molecule has 0 aromatic heterocycles. The number of halogens is 1. The normalized spacial score (nSPS) is 75.3. The highest BCUT2D eigenvalue weighted by atomic mass is 19.1. The predicted molar refractivity (Wildman–Crippen MR) is 29.5 cm³/mol. The van der Waals surface area contributed by atoms with Crippen LogP contribution in [0, 0.1) is 23.7 Å². The van der Waals surface area contributed by atoms with Crippen LogP contribution in [0.15, 0.2) is 0 Å². The van der Waals surface area contributed by atoms with Crippen molar-refractivity contribution < 1.29 is 9.50 Å². The lowest BCUT2D eigenvalue weighted by atomic mass is 10.1. The van der Waals surface area contributed by atoms with Crippen LogP contribution in [0.25, 0.3) is 0 Å². The number of hydrogen-bond acceptors (Lipinski definition) is 1. The highest BCUT2D eigenvalue weighted by molar-refractivity contribution is 5.21. The molecule has 4 aliphatic rings. The lowest BCUT2D eigenvalue weighted by Crippen LogP contribution is -2.16. The second kappa shape index (κ2) is 1.05. The van der Waals surface area contributed by atoms with Gasteiger partial charge in [0.2, 0.25) is 0 Å². The molecule has 4 saturated carbocycles. The van der Waals surface area contributed by atoms with Gasteiger partial charge in [-0.1, -0.05) is 0 Å². The maximum atomic E-state index is 12.9. The Hall–Kier alpha value is -0.110. The SMILES string of the molecule is OC1C2CC3C1C3C2F. The minimum Gasteiger partial charge on any atom is -0.392 e. The fourth-order valence-electron chi connectivity index (χ4n) is 3.01. The van der Waals surface area contributed by atoms with Crippen LogP contribution in [0.1, 0.15) is 6.42 Å². The number of aliphatic hydroxyl groups excluding tert-OH is 1. The van der Waals surface area contributed by atoms with Crippen LogP contribution < -0.4 is 0 Å². The Morgan fingerprint density at radius 2 is 2.00 bits per heavy atom. The van der Waals surface area contributed by atoms with Crippen LogP contribution in [0.2, 0.25) is 0 Å². The molecule has 0 aliphatic heterocycles. The van der Waals surface area contributed by atoms with Gasteiger partial charge in [0.1, 0.15) is 6.17 Å². The largest absolute Gasteiger partial charge is 0.392 e. The Balaban J connectivity index is 2.07. The van der Waals surface area contributed by atoms with Gasteiger partial charge in [-0.15, -0.1) is 0 Å². The van der Waals surface area contributed by atoms with E-state index in [-0.39, 0.29) is 17.9 Å². The monoisotopic (exact) mass is 128 g/mol. The van der Waals surface area contributed by atoms with Crippen LogP contribution >= 0.6 is 0 Å². The van der Waals surface area contributed by atoms with E-state index in [0.717, 1.165) is 6.42 Å². The smallest absolute Gasteiger partial charge is 0.109 e. The molecule has 4 fully saturated rings. The standard InChI is InChI=1S/C7H9FO/c8-6-3-1-2-4(6)5(2)7(3)9/h2-7,9H,1H2. The first-order valence-electron chi connectivity index (χ1n) is 3.63. The van der Waals surface area contributed by atoms with Crippen molar-refractivity contribution in [2.75, 3.05) is 0 Å². The van der Waals surface area contributed by atoms with Gasteiger partial charge in [0.25, 0.3) is 0 Å². The van der Waals surface area contributed by atoms with E-state index in [1.54, 1.807) is 0 Å². The minimum absolute atomic E-state index is 0.0324. The molecule has 0 spiro atoms. The van der Waals surface area contributed by atoms with Gasteiger partial charge in [-0.05, 0) is 24.2 Å². The summed E-state index contributed by atoms with van der Waals surface area (Å²) in [7, 11) is 0. The summed E-state index contributed by atoms with van der Waals surface area (Å²) in [6.45, 7) is 0. The van der Waals surface area contributed by atoms with Crippen molar-refractivity contribution in [3.63, 3.8) is 0 Å². The van der Waals surface area contributed by atoms with Gasteiger partial charge in [-0.25, -0.2) is 4.39 Å². The van der Waals surface area contributed by atoms with Gasteiger partial charge in [0, 0.05) is 5.92 Å². The van der Waals surface area contributed by atoms with Gasteiger partial charge in [-0.2, -0.15) is 0 Å². The van der Waals surface area contributed by atoms with Crippen molar-refractivity contribution in [2.45, 2.75) is 18.7 Å². The summed E-state index contributed by atoms with van der Waals surface area (Å²) >= 11 is 0. The second-order valence-electron chi connectivity index (χ2n) is 3.65. The molecule has 4 rings (SSSR count). The molecule has 4 aliphatic carbocycles. The molecule has 0 amide bonds. The molecule has 0 saturated heterocycles. The first-order chi connectivity index (χ1) is 4.30. The van der Waals surface area contributed by atoms with E-state index in [1.165, 1.54) is 0 Å². The number of alkyl halides is 1. The summed E-state index contributed by atoms with van der Waals surface area (Å²) < 4.78 is 12.9. The van der Waals surface area contributed by atoms with Crippen molar-refractivity contribution in [3.05, 3.63) is 0 Å². The quantitative estimate of drug-likeness (QED) is 0.506. The van der Waals surface area contributed by atoms with E-state index in [1.807, 2.05) is 0 Å². The number of aliphatic hydroxyl groups is 1. The van der Waals surface area contributed by atoms with E-state index in [9.17, 15) is 9.50 Å². The maximum absolute atomic E-state index is 12.9. The van der Waals surface area contributed by atoms with Gasteiger partial charge in [-0.3, -0.25) is 0 Å². The van der Waals surface area contributed by atoms with E-state index in [0.29, 0.717) is 11.8 Å². The summed E-state index contributed by atoms with van der Waals surface area (Å²) in [4.78, 5) is 0. The van der Waals surface area contributed by atoms with Crippen molar-refractivity contribution in [3.8, 4) is 0 Å². The van der Waals surface area contributed by atoms with Crippen molar-refractivity contribution in [2.24, 2.45) is 23.7 Å². The molecule has 1 N–H and O–H groups in total. The van der Waals surface area contributed by atoms with Crippen LogP contribution in [-0.2, 0) is 0 Å². The van der Waals surface area contributed by atoms with Crippen LogP contribution in [0.4, 0.5) is 4.39 Å². The third-order valence-corrected chi connectivity index (χ3v) is 3.45. The average molecular weight is 128 g/mol. The molecular weight excluding hydrogens is 119 g/mol. The lowest BCUT2D eigenvalue weighted by molar-refractivity contribution is 0.110. The molecule has 4 bridgehead atoms. The van der Waals surface area contributed by atoms with E-state index < -0.39 is 6.17 Å². The van der Waals surface area contributed by atoms with Crippen molar-refractivity contribution >= 4 is 0 Å². The zero-order valence-corrected chi connectivity index (χ0v) is 5.00. The van der Waals surface area contributed by atoms with Gasteiger partial charge >= 0.3 is 0 Å². The Kier molecular flexibility index (Phi) is 0.544. The van der Waals surface area contributed by atoms with Gasteiger partial charge in [0.05, 0.1) is 6.10 Å². The maximum Gasteiger partial charge on any atom is 0.109 e. The molecule has 0 aromatic rings. The predicted octanol–water partition coefficient (Wildman–Crippen LogP) is 0.581. The summed E-state index contributed by atoms with van der Waals surface area (Å²) in [5.41, 5.74) is 0. The molecule has 0 heterocycles. The fourth-order valence-corrected chi connectivity index (χ4v) is 3.01. The molecule has 50 valence electrons. The minimum atomic E-state index is -0.644. The molecule has 6 unspecified atom stereocenters. The number of rotatable bonds is 0. The first kappa shape index (κ1) is 4.67. The topological polar surface area (TPSA) is 20.2 Å². The van der Waals surface area contributed by atoms with Gasteiger partial charge < -0.3 is 5.11 Å². The molecule has 6 atom stereocenters. The summed E-state index contributed by atoms with van der Waals surface area (Å²) in [5.74, 6) is 1.28. The zero-order valence-electron chi connectivity index (χ0n) is 5.00. The third kappa shape index (κ3) is 0.306. The van der Waals surface area contributed by atoms with E-state index in [4.69, 9.17) is 0 Å². The second-order valence-corrected chi connectivity index (χ2v) is 3.65. The molecule has 9 heavy (non-hydrogen) atoms. The lowest BCUT2D eigenvalue weighted by Gasteiger charge is -2.07. The van der Waals surface area contributed by atoms with E-state index >= 15 is 0 Å². The zero-order chi connectivity index (χ0) is 6.17. The summed E-state index contributed by atoms with van der Waals surface area (Å²) in [6.07, 6.45) is 0.0579. The van der Waals surface area contributed by atoms with Crippen molar-refractivity contribution in [1.29, 1.82) is 0 Å². The van der Waals surface area contributed by atoms with Crippen LogP contribution in [0.3, 0.4) is 0 Å². The Morgan fingerprint density at radius 1 is 1.22 bits per heavy atom. The Labute approximate surface area is 52.9 Å². The highest BCUT2D eigenvalue weighted by Crippen LogP contribution is 2.71.